The van der Waals surface area contributed by atoms with Crippen LogP contribution in [-0.4, -0.2) is 25.4 Å². The van der Waals surface area contributed by atoms with Crippen molar-refractivity contribution in [1.29, 1.82) is 0 Å². The number of hydrogen-bond acceptors (Lipinski definition) is 3. The van der Waals surface area contributed by atoms with Crippen molar-refractivity contribution in [2.24, 2.45) is 5.92 Å². The summed E-state index contributed by atoms with van der Waals surface area (Å²) >= 11 is 1.86. The maximum atomic E-state index is 5.35. The highest BCUT2D eigenvalue weighted by Crippen LogP contribution is 2.31. The third-order valence-electron chi connectivity index (χ3n) is 2.38. The van der Waals surface area contributed by atoms with Gasteiger partial charge in [-0.1, -0.05) is 32.9 Å². The minimum atomic E-state index is 0.546. The summed E-state index contributed by atoms with van der Waals surface area (Å²) in [6.45, 7) is 8.80. The lowest BCUT2D eigenvalue weighted by Crippen LogP contribution is -2.26. The molecule has 0 fully saturated rings. The summed E-state index contributed by atoms with van der Waals surface area (Å²) in [5.74, 6) is 1.67. The van der Waals surface area contributed by atoms with E-state index in [4.69, 9.17) is 4.74 Å². The van der Waals surface area contributed by atoms with Gasteiger partial charge < -0.3 is 10.1 Å². The maximum absolute atomic E-state index is 5.35. The third-order valence-corrected chi connectivity index (χ3v) is 3.54. The van der Waals surface area contributed by atoms with Gasteiger partial charge in [-0.2, -0.15) is 0 Å². The Morgan fingerprint density at radius 2 is 1.88 bits per heavy atom. The van der Waals surface area contributed by atoms with E-state index < -0.39 is 0 Å². The highest BCUT2D eigenvalue weighted by Gasteiger charge is 2.08. The van der Waals surface area contributed by atoms with Crippen molar-refractivity contribution in [2.75, 3.05) is 20.2 Å². The van der Waals surface area contributed by atoms with Gasteiger partial charge in [-0.15, -0.1) is 11.8 Å². The Morgan fingerprint density at radius 1 is 1.18 bits per heavy atom. The average molecular weight is 253 g/mol. The molecule has 96 valence electrons. The lowest BCUT2D eigenvalue weighted by Gasteiger charge is -2.15. The number of thioether (sulfide) groups is 1. The fourth-order valence-corrected chi connectivity index (χ4v) is 2.61. The van der Waals surface area contributed by atoms with E-state index >= 15 is 0 Å². The molecule has 1 rings (SSSR count). The zero-order chi connectivity index (χ0) is 12.7. The van der Waals surface area contributed by atoms with Crippen LogP contribution in [0.15, 0.2) is 29.2 Å². The summed E-state index contributed by atoms with van der Waals surface area (Å²) in [5.41, 5.74) is 0. The molecule has 0 saturated carbocycles. The van der Waals surface area contributed by atoms with Crippen LogP contribution in [0.2, 0.25) is 0 Å². The van der Waals surface area contributed by atoms with Crippen LogP contribution in [-0.2, 0) is 0 Å². The standard InChI is InChI=1S/C14H23NOS/c1-11(2)9-15-10-12(3)17-14-8-6-5-7-13(14)16-4/h5-8,11-12,15H,9-10H2,1-4H3. The fourth-order valence-electron chi connectivity index (χ4n) is 1.55. The smallest absolute Gasteiger partial charge is 0.132 e. The van der Waals surface area contributed by atoms with Crippen LogP contribution in [0.3, 0.4) is 0 Å². The molecule has 0 bridgehead atoms. The van der Waals surface area contributed by atoms with Gasteiger partial charge in [-0.3, -0.25) is 0 Å². The molecule has 1 unspecified atom stereocenters. The second-order valence-corrected chi connectivity index (χ2v) is 6.11. The van der Waals surface area contributed by atoms with E-state index in [-0.39, 0.29) is 0 Å². The van der Waals surface area contributed by atoms with Crippen LogP contribution in [0.5, 0.6) is 5.75 Å². The largest absolute Gasteiger partial charge is 0.496 e. The van der Waals surface area contributed by atoms with Crippen LogP contribution in [0.25, 0.3) is 0 Å². The lowest BCUT2D eigenvalue weighted by atomic mass is 10.2. The first kappa shape index (κ1) is 14.4. The Hall–Kier alpha value is -0.670. The van der Waals surface area contributed by atoms with E-state index in [9.17, 15) is 0 Å². The van der Waals surface area contributed by atoms with Gasteiger partial charge in [0.05, 0.1) is 7.11 Å². The topological polar surface area (TPSA) is 21.3 Å². The van der Waals surface area contributed by atoms with Crippen molar-refractivity contribution >= 4 is 11.8 Å². The molecule has 0 radical (unpaired) electrons. The van der Waals surface area contributed by atoms with Crippen molar-refractivity contribution in [3.05, 3.63) is 24.3 Å². The van der Waals surface area contributed by atoms with Crippen molar-refractivity contribution in [2.45, 2.75) is 30.9 Å². The Morgan fingerprint density at radius 3 is 2.53 bits per heavy atom. The highest BCUT2D eigenvalue weighted by atomic mass is 32.2. The van der Waals surface area contributed by atoms with Crippen LogP contribution in [0.1, 0.15) is 20.8 Å². The SMILES string of the molecule is COc1ccccc1SC(C)CNCC(C)C. The van der Waals surface area contributed by atoms with Gasteiger partial charge in [-0.25, -0.2) is 0 Å². The predicted octanol–water partition coefficient (Wildman–Crippen LogP) is 3.42. The summed E-state index contributed by atoms with van der Waals surface area (Å²) in [6, 6.07) is 8.18. The average Bonchev–Trinajstić information content (AvgIpc) is 2.29. The molecular weight excluding hydrogens is 230 g/mol. The molecule has 0 aliphatic carbocycles. The van der Waals surface area contributed by atoms with E-state index in [0.717, 1.165) is 18.8 Å². The van der Waals surface area contributed by atoms with Crippen molar-refractivity contribution in [3.8, 4) is 5.75 Å². The van der Waals surface area contributed by atoms with E-state index in [1.165, 1.54) is 4.90 Å². The minimum Gasteiger partial charge on any atom is -0.496 e. The number of nitrogens with one attached hydrogen (secondary N) is 1. The Labute approximate surface area is 109 Å². The number of para-hydroxylation sites is 1. The number of methoxy groups -OCH3 is 1. The van der Waals surface area contributed by atoms with E-state index in [2.05, 4.69) is 38.2 Å². The molecule has 0 aliphatic rings. The zero-order valence-electron chi connectivity index (χ0n) is 11.2. The Kier molecular flexibility index (Phi) is 6.45. The van der Waals surface area contributed by atoms with Crippen LogP contribution < -0.4 is 10.1 Å². The minimum absolute atomic E-state index is 0.546. The van der Waals surface area contributed by atoms with E-state index in [1.54, 1.807) is 7.11 Å². The molecule has 0 heterocycles. The molecule has 0 spiro atoms. The molecule has 0 amide bonds. The normalized spacial score (nSPS) is 12.8. The van der Waals surface area contributed by atoms with Gasteiger partial charge in [0.2, 0.25) is 0 Å². The number of benzene rings is 1. The molecule has 0 aromatic heterocycles. The van der Waals surface area contributed by atoms with Crippen LogP contribution >= 0.6 is 11.8 Å². The first-order valence-corrected chi connectivity index (χ1v) is 7.01. The molecule has 1 N–H and O–H groups in total. The first-order valence-electron chi connectivity index (χ1n) is 6.14. The fraction of sp³-hybridized carbons (Fsp3) is 0.571. The lowest BCUT2D eigenvalue weighted by molar-refractivity contribution is 0.404. The van der Waals surface area contributed by atoms with Gasteiger partial charge in [0.15, 0.2) is 0 Å². The monoisotopic (exact) mass is 253 g/mol. The van der Waals surface area contributed by atoms with Crippen molar-refractivity contribution < 1.29 is 4.74 Å². The summed E-state index contributed by atoms with van der Waals surface area (Å²) in [4.78, 5) is 1.22. The predicted molar refractivity (Wildman–Crippen MR) is 76.0 cm³/mol. The zero-order valence-corrected chi connectivity index (χ0v) is 12.0. The second kappa shape index (κ2) is 7.62. The summed E-state index contributed by atoms with van der Waals surface area (Å²) in [6.07, 6.45) is 0. The molecule has 0 saturated heterocycles. The summed E-state index contributed by atoms with van der Waals surface area (Å²) in [7, 11) is 1.72. The molecule has 3 heteroatoms. The van der Waals surface area contributed by atoms with E-state index in [0.29, 0.717) is 11.2 Å². The van der Waals surface area contributed by atoms with Crippen LogP contribution in [0, 0.1) is 5.92 Å². The highest BCUT2D eigenvalue weighted by molar-refractivity contribution is 8.00. The maximum Gasteiger partial charge on any atom is 0.132 e. The second-order valence-electron chi connectivity index (χ2n) is 4.63. The van der Waals surface area contributed by atoms with Crippen molar-refractivity contribution in [3.63, 3.8) is 0 Å². The first-order chi connectivity index (χ1) is 8.13. The Balaban J connectivity index is 2.41. The Bertz CT molecular complexity index is 328. The van der Waals surface area contributed by atoms with Crippen LogP contribution in [0.4, 0.5) is 0 Å². The number of rotatable bonds is 7. The van der Waals surface area contributed by atoms with Gasteiger partial charge >= 0.3 is 0 Å². The van der Waals surface area contributed by atoms with E-state index in [1.807, 2.05) is 23.9 Å². The molecule has 1 aromatic rings. The molecular formula is C14H23NOS. The number of hydrogen-bond donors (Lipinski definition) is 1. The number of ether oxygens (including phenoxy) is 1. The quantitative estimate of drug-likeness (QED) is 0.752. The molecule has 17 heavy (non-hydrogen) atoms. The molecule has 1 atom stereocenters. The third kappa shape index (κ3) is 5.46. The van der Waals surface area contributed by atoms with Gasteiger partial charge in [-0.05, 0) is 24.6 Å². The van der Waals surface area contributed by atoms with Crippen molar-refractivity contribution in [1.82, 2.24) is 5.32 Å². The molecule has 0 aliphatic heterocycles. The molecule has 2 nitrogen and oxygen atoms in total. The molecule has 1 aromatic carbocycles. The van der Waals surface area contributed by atoms with Gasteiger partial charge in [0.25, 0.3) is 0 Å². The van der Waals surface area contributed by atoms with Gasteiger partial charge in [0.1, 0.15) is 5.75 Å². The van der Waals surface area contributed by atoms with Gasteiger partial charge in [0, 0.05) is 16.7 Å². The summed E-state index contributed by atoms with van der Waals surface area (Å²) < 4.78 is 5.35. The summed E-state index contributed by atoms with van der Waals surface area (Å²) in [5, 5.41) is 4.03.